The largest absolute Gasteiger partial charge is 0.431 e. The molecular weight excluding hydrogens is 325 g/mol. The quantitative estimate of drug-likeness (QED) is 0.896. The van der Waals surface area contributed by atoms with Crippen molar-refractivity contribution in [3.8, 4) is 0 Å². The van der Waals surface area contributed by atoms with Crippen molar-refractivity contribution in [1.82, 2.24) is 14.8 Å². The number of alkyl halides is 3. The highest BCUT2D eigenvalue weighted by Crippen LogP contribution is 2.26. The van der Waals surface area contributed by atoms with Crippen LogP contribution in [-0.2, 0) is 19.6 Å². The summed E-state index contributed by atoms with van der Waals surface area (Å²) >= 11 is 0. The molecule has 24 heavy (non-hydrogen) atoms. The summed E-state index contributed by atoms with van der Waals surface area (Å²) in [6, 6.07) is 3.17. The number of aromatic nitrogens is 3. The van der Waals surface area contributed by atoms with Crippen LogP contribution in [0.3, 0.4) is 0 Å². The number of H-pyrrole nitrogens is 1. The van der Waals surface area contributed by atoms with E-state index in [-0.39, 0.29) is 0 Å². The zero-order chi connectivity index (χ0) is 18.1. The van der Waals surface area contributed by atoms with E-state index in [9.17, 15) is 22.8 Å². The number of hydrogen-bond acceptors (Lipinski definition) is 3. The first-order chi connectivity index (χ1) is 11.1. The van der Waals surface area contributed by atoms with Crippen molar-refractivity contribution in [2.45, 2.75) is 26.4 Å². The van der Waals surface area contributed by atoms with E-state index in [2.05, 4.69) is 10.4 Å². The second-order valence-electron chi connectivity index (χ2n) is 5.81. The molecule has 0 aliphatic carbocycles. The van der Waals surface area contributed by atoms with Crippen LogP contribution in [0.1, 0.15) is 35.6 Å². The Kier molecular flexibility index (Phi) is 4.81. The second kappa shape index (κ2) is 6.50. The van der Waals surface area contributed by atoms with Crippen LogP contribution in [0.4, 0.5) is 19.0 Å². The topological polar surface area (TPSA) is 79.8 Å². The van der Waals surface area contributed by atoms with E-state index in [1.807, 2.05) is 13.8 Å². The number of amides is 1. The van der Waals surface area contributed by atoms with Gasteiger partial charge in [-0.1, -0.05) is 13.8 Å². The van der Waals surface area contributed by atoms with E-state index in [0.29, 0.717) is 24.2 Å². The minimum atomic E-state index is -4.68. The number of aromatic amines is 1. The van der Waals surface area contributed by atoms with Gasteiger partial charge in [0.25, 0.3) is 11.5 Å². The third kappa shape index (κ3) is 4.03. The van der Waals surface area contributed by atoms with E-state index in [4.69, 9.17) is 0 Å². The van der Waals surface area contributed by atoms with E-state index in [0.717, 1.165) is 11.8 Å². The summed E-state index contributed by atoms with van der Waals surface area (Å²) in [5, 5.41) is 6.71. The van der Waals surface area contributed by atoms with E-state index >= 15 is 0 Å². The maximum atomic E-state index is 12.5. The molecular formula is C15H17F3N4O2. The van der Waals surface area contributed by atoms with Crippen molar-refractivity contribution in [1.29, 1.82) is 0 Å². The Morgan fingerprint density at radius 3 is 2.58 bits per heavy atom. The predicted molar refractivity (Wildman–Crippen MR) is 81.8 cm³/mol. The van der Waals surface area contributed by atoms with Crippen molar-refractivity contribution < 1.29 is 18.0 Å². The van der Waals surface area contributed by atoms with Gasteiger partial charge in [0.15, 0.2) is 0 Å². The standard InChI is InChI=1S/C15H17F3N4O2/c1-8(2)6-9-7-12(22(3)21-9)20-14(24)10-4-5-11(15(16,17)18)19-13(10)23/h4-5,7-8H,6H2,1-3H3,(H,19,23)(H,20,24). The van der Waals surface area contributed by atoms with Crippen LogP contribution in [0, 0.1) is 5.92 Å². The molecule has 1 amide bonds. The molecule has 2 heterocycles. The van der Waals surface area contributed by atoms with Gasteiger partial charge in [-0.2, -0.15) is 18.3 Å². The monoisotopic (exact) mass is 342 g/mol. The van der Waals surface area contributed by atoms with Gasteiger partial charge in [-0.25, -0.2) is 0 Å². The van der Waals surface area contributed by atoms with Crippen LogP contribution in [0.15, 0.2) is 23.0 Å². The summed E-state index contributed by atoms with van der Waals surface area (Å²) in [6.07, 6.45) is -3.97. The summed E-state index contributed by atoms with van der Waals surface area (Å²) in [6.45, 7) is 4.05. The predicted octanol–water partition coefficient (Wildman–Crippen LogP) is 2.58. The Bertz CT molecular complexity index is 806. The first-order valence-corrected chi connectivity index (χ1v) is 7.22. The van der Waals surface area contributed by atoms with Gasteiger partial charge < -0.3 is 10.3 Å². The lowest BCUT2D eigenvalue weighted by Crippen LogP contribution is -2.26. The summed E-state index contributed by atoms with van der Waals surface area (Å²) in [5.74, 6) is -0.0692. The van der Waals surface area contributed by atoms with Crippen LogP contribution in [0.25, 0.3) is 0 Å². The lowest BCUT2D eigenvalue weighted by Gasteiger charge is -2.08. The summed E-state index contributed by atoms with van der Waals surface area (Å²) in [7, 11) is 1.62. The van der Waals surface area contributed by atoms with Crippen LogP contribution in [0.2, 0.25) is 0 Å². The van der Waals surface area contributed by atoms with Gasteiger partial charge in [-0.15, -0.1) is 0 Å². The third-order valence-corrected chi connectivity index (χ3v) is 3.25. The van der Waals surface area contributed by atoms with Crippen molar-refractivity contribution >= 4 is 11.7 Å². The Balaban J connectivity index is 2.22. The van der Waals surface area contributed by atoms with Gasteiger partial charge in [0.2, 0.25) is 0 Å². The molecule has 0 saturated carbocycles. The number of pyridine rings is 1. The van der Waals surface area contributed by atoms with Crippen molar-refractivity contribution in [3.63, 3.8) is 0 Å². The van der Waals surface area contributed by atoms with Gasteiger partial charge in [0.05, 0.1) is 5.69 Å². The molecule has 2 rings (SSSR count). The molecule has 2 N–H and O–H groups in total. The average molecular weight is 342 g/mol. The molecule has 0 aliphatic heterocycles. The molecule has 0 bridgehead atoms. The third-order valence-electron chi connectivity index (χ3n) is 3.25. The Morgan fingerprint density at radius 1 is 1.38 bits per heavy atom. The van der Waals surface area contributed by atoms with E-state index in [1.165, 1.54) is 4.68 Å². The van der Waals surface area contributed by atoms with Gasteiger partial charge >= 0.3 is 6.18 Å². The molecule has 2 aromatic rings. The number of carbonyl (C=O) groups excluding carboxylic acids is 1. The summed E-state index contributed by atoms with van der Waals surface area (Å²) in [4.78, 5) is 25.5. The molecule has 0 spiro atoms. The van der Waals surface area contributed by atoms with E-state index < -0.39 is 28.9 Å². The van der Waals surface area contributed by atoms with Gasteiger partial charge in [0, 0.05) is 13.1 Å². The fourth-order valence-electron chi connectivity index (χ4n) is 2.16. The Labute approximate surface area is 135 Å². The lowest BCUT2D eigenvalue weighted by molar-refractivity contribution is -0.141. The highest BCUT2D eigenvalue weighted by atomic mass is 19.4. The van der Waals surface area contributed by atoms with Crippen LogP contribution >= 0.6 is 0 Å². The number of rotatable bonds is 4. The highest BCUT2D eigenvalue weighted by Gasteiger charge is 2.32. The molecule has 2 aromatic heterocycles. The van der Waals surface area contributed by atoms with Crippen molar-refractivity contribution in [2.24, 2.45) is 13.0 Å². The molecule has 130 valence electrons. The maximum absolute atomic E-state index is 12.5. The molecule has 9 heteroatoms. The lowest BCUT2D eigenvalue weighted by atomic mass is 10.1. The smallest absolute Gasteiger partial charge is 0.318 e. The van der Waals surface area contributed by atoms with E-state index in [1.54, 1.807) is 18.1 Å². The van der Waals surface area contributed by atoms with Crippen LogP contribution in [0.5, 0.6) is 0 Å². The average Bonchev–Trinajstić information content (AvgIpc) is 2.76. The minimum Gasteiger partial charge on any atom is -0.318 e. The number of hydrogen-bond donors (Lipinski definition) is 2. The van der Waals surface area contributed by atoms with Crippen LogP contribution in [-0.4, -0.2) is 20.7 Å². The summed E-state index contributed by atoms with van der Waals surface area (Å²) < 4.78 is 39.0. The Hall–Kier alpha value is -2.58. The van der Waals surface area contributed by atoms with Crippen molar-refractivity contribution in [3.05, 3.63) is 45.5 Å². The number of nitrogens with zero attached hydrogens (tertiary/aromatic N) is 2. The Morgan fingerprint density at radius 2 is 2.04 bits per heavy atom. The number of halogens is 3. The fourth-order valence-corrected chi connectivity index (χ4v) is 2.16. The number of aryl methyl sites for hydroxylation is 1. The van der Waals surface area contributed by atoms with Crippen LogP contribution < -0.4 is 10.9 Å². The maximum Gasteiger partial charge on any atom is 0.431 e. The minimum absolute atomic E-state index is 0.356. The molecule has 0 aromatic carbocycles. The number of anilines is 1. The fraction of sp³-hybridized carbons (Fsp3) is 0.400. The highest BCUT2D eigenvalue weighted by molar-refractivity contribution is 6.03. The molecule has 6 nitrogen and oxygen atoms in total. The van der Waals surface area contributed by atoms with Gasteiger partial charge in [0.1, 0.15) is 17.1 Å². The zero-order valence-corrected chi connectivity index (χ0v) is 13.4. The molecule has 0 fully saturated rings. The molecule has 0 radical (unpaired) electrons. The zero-order valence-electron chi connectivity index (χ0n) is 13.4. The van der Waals surface area contributed by atoms with Gasteiger partial charge in [-0.3, -0.25) is 14.3 Å². The first kappa shape index (κ1) is 17.8. The first-order valence-electron chi connectivity index (χ1n) is 7.22. The SMILES string of the molecule is CC(C)Cc1cc(NC(=O)c2ccc(C(F)(F)F)[nH]c2=O)n(C)n1. The van der Waals surface area contributed by atoms with Gasteiger partial charge in [-0.05, 0) is 24.5 Å². The second-order valence-corrected chi connectivity index (χ2v) is 5.81. The molecule has 0 saturated heterocycles. The molecule has 0 aliphatic rings. The molecule has 0 unspecified atom stereocenters. The summed E-state index contributed by atoms with van der Waals surface area (Å²) in [5.41, 5.74) is -1.95. The molecule has 0 atom stereocenters. The van der Waals surface area contributed by atoms with Crippen molar-refractivity contribution in [2.75, 3.05) is 5.32 Å². The number of carbonyl (C=O) groups is 1. The normalized spacial score (nSPS) is 11.8. The number of nitrogens with one attached hydrogen (secondary N) is 2.